The van der Waals surface area contributed by atoms with Gasteiger partial charge in [-0.15, -0.1) is 0 Å². The number of alkyl halides is 5. The zero-order valence-corrected chi connectivity index (χ0v) is 25.3. The monoisotopic (exact) mass is 668 g/mol. The Hall–Kier alpha value is -4.33. The third-order valence-electron chi connectivity index (χ3n) is 7.65. The summed E-state index contributed by atoms with van der Waals surface area (Å²) in [6.45, 7) is 0.886. The van der Waals surface area contributed by atoms with E-state index < -0.39 is 72.8 Å². The molecule has 0 unspecified atom stereocenters. The van der Waals surface area contributed by atoms with Gasteiger partial charge in [-0.3, -0.25) is 14.5 Å². The average molecular weight is 669 g/mol. The van der Waals surface area contributed by atoms with Crippen molar-refractivity contribution in [3.05, 3.63) is 87.3 Å². The van der Waals surface area contributed by atoms with E-state index in [0.29, 0.717) is 38.8 Å². The second kappa shape index (κ2) is 12.5. The summed E-state index contributed by atoms with van der Waals surface area (Å²) in [5, 5.41) is 9.95. The van der Waals surface area contributed by atoms with Gasteiger partial charge in [0.1, 0.15) is 11.6 Å². The Bertz CT molecular complexity index is 1830. The molecule has 1 amide bonds. The fraction of sp³-hybridized carbons (Fsp3) is 0.323. The van der Waals surface area contributed by atoms with E-state index in [1.165, 1.54) is 4.68 Å². The molecular formula is C31H28ClF7N6O. The fourth-order valence-electron chi connectivity index (χ4n) is 5.78. The summed E-state index contributed by atoms with van der Waals surface area (Å²) >= 11 is 6.42. The Morgan fingerprint density at radius 3 is 2.46 bits per heavy atom. The van der Waals surface area contributed by atoms with E-state index in [1.54, 1.807) is 38.2 Å². The Balaban J connectivity index is 1.54. The van der Waals surface area contributed by atoms with E-state index in [2.05, 4.69) is 20.7 Å². The van der Waals surface area contributed by atoms with Gasteiger partial charge in [-0.25, -0.2) is 8.78 Å². The molecule has 0 saturated heterocycles. The number of benzene rings is 2. The van der Waals surface area contributed by atoms with Crippen LogP contribution in [-0.2, 0) is 18.3 Å². The van der Waals surface area contributed by atoms with E-state index in [9.17, 15) is 35.5 Å². The number of pyridine rings is 1. The van der Waals surface area contributed by atoms with Crippen LogP contribution < -0.4 is 16.4 Å². The maximum atomic E-state index is 14.5. The summed E-state index contributed by atoms with van der Waals surface area (Å²) in [5.74, 6) is -6.01. The summed E-state index contributed by atoms with van der Waals surface area (Å²) in [6.07, 6.45) is -7.73. The van der Waals surface area contributed by atoms with Crippen molar-refractivity contribution in [1.29, 1.82) is 0 Å². The highest BCUT2D eigenvalue weighted by Gasteiger charge is 2.44. The van der Waals surface area contributed by atoms with Gasteiger partial charge in [0.15, 0.2) is 5.82 Å². The SMILES string of the molecule is Cc1ccc(-c2ccc(Cl)c3c(N)nn(C)c23)c([C@H](Cc2cc(F)cc(F)c2)NC(=O)CNC2=C(CC(F)(F)F)CCC2(F)F)n1. The molecule has 7 nitrogen and oxygen atoms in total. The average Bonchev–Trinajstić information content (AvgIpc) is 3.39. The van der Waals surface area contributed by atoms with Crippen LogP contribution in [-0.4, -0.2) is 39.3 Å². The summed E-state index contributed by atoms with van der Waals surface area (Å²) in [5.41, 5.74) is 7.13. The first-order valence-corrected chi connectivity index (χ1v) is 14.4. The lowest BCUT2D eigenvalue weighted by atomic mass is 9.93. The number of carbonyl (C=O) groups is 1. The van der Waals surface area contributed by atoms with Crippen LogP contribution in [0.15, 0.2) is 53.7 Å². The van der Waals surface area contributed by atoms with Crippen molar-refractivity contribution in [2.45, 2.75) is 50.7 Å². The number of hydrogen-bond donors (Lipinski definition) is 3. The summed E-state index contributed by atoms with van der Waals surface area (Å²) in [6, 6.07) is 8.47. The molecule has 1 atom stereocenters. The second-order valence-corrected chi connectivity index (χ2v) is 11.6. The first-order chi connectivity index (χ1) is 21.5. The molecule has 2 aromatic heterocycles. The van der Waals surface area contributed by atoms with Crippen LogP contribution in [0.5, 0.6) is 0 Å². The molecule has 1 aliphatic rings. The van der Waals surface area contributed by atoms with Crippen LogP contribution in [0.3, 0.4) is 0 Å². The normalized spacial score (nSPS) is 15.4. The molecule has 4 N–H and O–H groups in total. The lowest BCUT2D eigenvalue weighted by molar-refractivity contribution is -0.127. The van der Waals surface area contributed by atoms with Gasteiger partial charge in [-0.1, -0.05) is 23.7 Å². The largest absolute Gasteiger partial charge is 0.392 e. The highest BCUT2D eigenvalue weighted by molar-refractivity contribution is 6.37. The van der Waals surface area contributed by atoms with Gasteiger partial charge in [-0.05, 0) is 55.2 Å². The molecule has 0 spiro atoms. The molecule has 0 radical (unpaired) electrons. The fourth-order valence-corrected chi connectivity index (χ4v) is 6.03. The van der Waals surface area contributed by atoms with Gasteiger partial charge in [0.2, 0.25) is 5.91 Å². The number of aromatic nitrogens is 3. The van der Waals surface area contributed by atoms with Gasteiger partial charge in [0, 0.05) is 36.4 Å². The minimum atomic E-state index is -4.71. The van der Waals surface area contributed by atoms with Crippen LogP contribution in [0.1, 0.15) is 42.3 Å². The van der Waals surface area contributed by atoms with Crippen molar-refractivity contribution >= 4 is 34.2 Å². The molecule has 2 aromatic carbocycles. The zero-order chi connectivity index (χ0) is 33.6. The highest BCUT2D eigenvalue weighted by Crippen LogP contribution is 2.43. The molecule has 0 saturated carbocycles. The van der Waals surface area contributed by atoms with Crippen LogP contribution in [0.4, 0.5) is 36.6 Å². The molecular weight excluding hydrogens is 641 g/mol. The van der Waals surface area contributed by atoms with Gasteiger partial charge >= 0.3 is 6.18 Å². The van der Waals surface area contributed by atoms with Crippen molar-refractivity contribution < 1.29 is 35.5 Å². The number of nitrogens with two attached hydrogens (primary N) is 1. The Kier molecular flexibility index (Phi) is 8.95. The number of fused-ring (bicyclic) bond motifs is 1. The number of aryl methyl sites for hydroxylation is 2. The maximum absolute atomic E-state index is 14.5. The number of anilines is 1. The second-order valence-electron chi connectivity index (χ2n) is 11.1. The highest BCUT2D eigenvalue weighted by atomic mass is 35.5. The molecule has 46 heavy (non-hydrogen) atoms. The molecule has 4 aromatic rings. The quantitative estimate of drug-likeness (QED) is 0.166. The number of carbonyl (C=O) groups excluding carboxylic acids is 1. The molecule has 244 valence electrons. The maximum Gasteiger partial charge on any atom is 0.392 e. The lowest BCUT2D eigenvalue weighted by Gasteiger charge is -2.24. The third kappa shape index (κ3) is 7.06. The first kappa shape index (κ1) is 33.0. The summed E-state index contributed by atoms with van der Waals surface area (Å²) < 4.78 is 98.1. The Morgan fingerprint density at radius 1 is 1.11 bits per heavy atom. The summed E-state index contributed by atoms with van der Waals surface area (Å²) in [4.78, 5) is 17.9. The van der Waals surface area contributed by atoms with Gasteiger partial charge in [-0.2, -0.15) is 27.1 Å². The standard InChI is InChI=1S/C31H28ClF7N6O/c1-15-3-4-20(21-5-6-22(32)25-27(21)45(2)44-29(25)40)26(42-15)23(11-16-9-18(33)12-19(34)10-16)43-24(46)14-41-28-17(13-31(37,38)39)7-8-30(28,35)36/h3-6,9-10,12,23,41H,7-8,11,13-14H2,1-2H3,(H2,40,44)(H,43,46)/t23-/m0/s1. The van der Waals surface area contributed by atoms with E-state index >= 15 is 0 Å². The first-order valence-electron chi connectivity index (χ1n) is 14.1. The number of rotatable bonds is 9. The van der Waals surface area contributed by atoms with Gasteiger partial charge in [0.05, 0.1) is 46.3 Å². The molecule has 2 heterocycles. The van der Waals surface area contributed by atoms with Crippen LogP contribution >= 0.6 is 11.6 Å². The topological polar surface area (TPSA) is 97.9 Å². The van der Waals surface area contributed by atoms with Crippen LogP contribution in [0, 0.1) is 18.6 Å². The zero-order valence-electron chi connectivity index (χ0n) is 24.5. The van der Waals surface area contributed by atoms with Crippen molar-refractivity contribution in [2.24, 2.45) is 7.05 Å². The smallest absolute Gasteiger partial charge is 0.382 e. The number of allylic oxidation sites excluding steroid dienone is 2. The van der Waals surface area contributed by atoms with Crippen LogP contribution in [0.2, 0.25) is 5.02 Å². The van der Waals surface area contributed by atoms with Crippen molar-refractivity contribution in [3.8, 4) is 11.1 Å². The predicted molar refractivity (Wildman–Crippen MR) is 159 cm³/mol. The summed E-state index contributed by atoms with van der Waals surface area (Å²) in [7, 11) is 1.65. The Labute approximate surface area is 263 Å². The molecule has 1 aliphatic carbocycles. The molecule has 0 bridgehead atoms. The van der Waals surface area contributed by atoms with Gasteiger partial charge < -0.3 is 16.4 Å². The van der Waals surface area contributed by atoms with E-state index in [4.69, 9.17) is 17.3 Å². The van der Waals surface area contributed by atoms with E-state index in [1.807, 2.05) is 0 Å². The third-order valence-corrected chi connectivity index (χ3v) is 7.96. The molecule has 15 heteroatoms. The number of nitrogens with zero attached hydrogens (tertiary/aromatic N) is 3. The predicted octanol–water partition coefficient (Wildman–Crippen LogP) is 7.08. The number of nitrogen functional groups attached to an aromatic ring is 1. The molecule has 0 fully saturated rings. The van der Waals surface area contributed by atoms with Crippen molar-refractivity contribution in [3.63, 3.8) is 0 Å². The van der Waals surface area contributed by atoms with E-state index in [0.717, 1.165) is 12.1 Å². The minimum Gasteiger partial charge on any atom is -0.382 e. The van der Waals surface area contributed by atoms with E-state index in [-0.39, 0.29) is 23.5 Å². The minimum absolute atomic E-state index is 0.147. The number of amides is 1. The van der Waals surface area contributed by atoms with Gasteiger partial charge in [0.25, 0.3) is 5.92 Å². The lowest BCUT2D eigenvalue weighted by Crippen LogP contribution is -2.40. The number of nitrogens with one attached hydrogen (secondary N) is 2. The number of halogens is 8. The Morgan fingerprint density at radius 2 is 1.78 bits per heavy atom. The van der Waals surface area contributed by atoms with Crippen molar-refractivity contribution in [2.75, 3.05) is 12.3 Å². The number of hydrogen-bond acceptors (Lipinski definition) is 5. The molecule has 5 rings (SSSR count). The van der Waals surface area contributed by atoms with Crippen LogP contribution in [0.25, 0.3) is 22.0 Å². The van der Waals surface area contributed by atoms with Crippen molar-refractivity contribution in [1.82, 2.24) is 25.4 Å². The molecule has 0 aliphatic heterocycles.